The Labute approximate surface area is 508 Å². The summed E-state index contributed by atoms with van der Waals surface area (Å²) in [4.78, 5) is 88.5. The smallest absolute Gasteiger partial charge is 0.355 e. The van der Waals surface area contributed by atoms with Crippen molar-refractivity contribution in [2.75, 3.05) is 87.9 Å². The highest BCUT2D eigenvalue weighted by Crippen LogP contribution is 2.35. The molecule has 454 valence electrons. The number of benzene rings is 4. The lowest BCUT2D eigenvalue weighted by Gasteiger charge is -2.29. The Morgan fingerprint density at radius 2 is 1.69 bits per heavy atom. The Morgan fingerprint density at radius 1 is 0.851 bits per heavy atom. The van der Waals surface area contributed by atoms with Gasteiger partial charge in [0, 0.05) is 91.5 Å². The molecule has 3 aliphatic rings. The van der Waals surface area contributed by atoms with Gasteiger partial charge in [-0.15, -0.1) is 16.4 Å². The summed E-state index contributed by atoms with van der Waals surface area (Å²) in [5, 5.41) is 34.0. The maximum atomic E-state index is 15.1. The fraction of sp³-hybridized carbons (Fsp3) is 0.377. The highest BCUT2D eigenvalue weighted by molar-refractivity contribution is 7.22. The molecule has 0 spiro atoms. The SMILES string of the molecule is O=C(CCCn1cc(COCCOCCOCCNc2cccc3c2CN(C2CCC(=O)NC2=O)C3=O)nn1)NCCNCC#Cc1ccc(OCCCc2sc(N3CCc4cccc(C(=O)Nc5nc6ccccc6s5)c4C3)nc2C(=O)O)c(F)c1. The van der Waals surface area contributed by atoms with Gasteiger partial charge in [-0.05, 0) is 91.8 Å². The summed E-state index contributed by atoms with van der Waals surface area (Å²) in [5.41, 5.74) is 6.51. The van der Waals surface area contributed by atoms with Gasteiger partial charge in [0.1, 0.15) is 11.7 Å². The molecule has 0 aliphatic carbocycles. The van der Waals surface area contributed by atoms with Crippen LogP contribution >= 0.6 is 22.7 Å². The van der Waals surface area contributed by atoms with Gasteiger partial charge < -0.3 is 49.8 Å². The number of amides is 5. The van der Waals surface area contributed by atoms with E-state index in [0.717, 1.165) is 32.6 Å². The number of aromatic nitrogens is 5. The van der Waals surface area contributed by atoms with Crippen LogP contribution in [0.5, 0.6) is 5.75 Å². The van der Waals surface area contributed by atoms with Gasteiger partial charge in [0.2, 0.25) is 17.7 Å². The van der Waals surface area contributed by atoms with Crippen LogP contribution in [-0.4, -0.2) is 149 Å². The number of anilines is 3. The molecule has 1 atom stereocenters. The Hall–Kier alpha value is -8.71. The van der Waals surface area contributed by atoms with Crippen LogP contribution in [0.3, 0.4) is 0 Å². The van der Waals surface area contributed by atoms with E-state index in [2.05, 4.69) is 58.7 Å². The zero-order valence-corrected chi connectivity index (χ0v) is 49.2. The highest BCUT2D eigenvalue weighted by Gasteiger charge is 2.40. The Balaban J connectivity index is 0.541. The molecule has 1 saturated heterocycles. The highest BCUT2D eigenvalue weighted by atomic mass is 32.1. The van der Waals surface area contributed by atoms with E-state index >= 15 is 4.39 Å². The zero-order valence-electron chi connectivity index (χ0n) is 47.6. The number of para-hydroxylation sites is 1. The average Bonchev–Trinajstić information content (AvgIpc) is 2.44. The van der Waals surface area contributed by atoms with E-state index in [1.807, 2.05) is 47.4 Å². The molecular formula is C61H65FN12O11S2. The third-order valence-corrected chi connectivity index (χ3v) is 16.6. The monoisotopic (exact) mass is 1220 g/mol. The van der Waals surface area contributed by atoms with Crippen LogP contribution in [0.2, 0.25) is 0 Å². The van der Waals surface area contributed by atoms with Crippen LogP contribution in [-0.2, 0) is 67.7 Å². The van der Waals surface area contributed by atoms with Crippen molar-refractivity contribution in [2.24, 2.45) is 0 Å². The van der Waals surface area contributed by atoms with Gasteiger partial charge in [-0.3, -0.25) is 39.3 Å². The second kappa shape index (κ2) is 30.1. The number of thiazole rings is 2. The van der Waals surface area contributed by atoms with E-state index in [4.69, 9.17) is 18.9 Å². The molecule has 3 aliphatic heterocycles. The summed E-state index contributed by atoms with van der Waals surface area (Å²) in [6.45, 7) is 5.83. The van der Waals surface area contributed by atoms with E-state index < -0.39 is 23.7 Å². The molecule has 0 bridgehead atoms. The summed E-state index contributed by atoms with van der Waals surface area (Å²) in [7, 11) is 0. The first-order valence-corrected chi connectivity index (χ1v) is 30.3. The van der Waals surface area contributed by atoms with Crippen molar-refractivity contribution in [1.29, 1.82) is 0 Å². The predicted octanol–water partition coefficient (Wildman–Crippen LogP) is 5.97. The van der Waals surface area contributed by atoms with E-state index in [0.29, 0.717) is 155 Å². The minimum absolute atomic E-state index is 0.0326. The fourth-order valence-corrected chi connectivity index (χ4v) is 12.2. The molecule has 87 heavy (non-hydrogen) atoms. The first-order valence-electron chi connectivity index (χ1n) is 28.7. The number of carboxylic acid groups (broad SMARTS) is 1. The number of rotatable bonds is 30. The van der Waals surface area contributed by atoms with Gasteiger partial charge in [-0.25, -0.2) is 19.2 Å². The Kier molecular flexibility index (Phi) is 21.2. The first kappa shape index (κ1) is 61.4. The van der Waals surface area contributed by atoms with E-state index in [1.165, 1.54) is 39.7 Å². The van der Waals surface area contributed by atoms with Crippen molar-refractivity contribution < 1.29 is 57.2 Å². The normalized spacial score (nSPS) is 14.5. The number of nitrogens with one attached hydrogen (secondary N) is 5. The van der Waals surface area contributed by atoms with Crippen molar-refractivity contribution in [1.82, 2.24) is 45.8 Å². The van der Waals surface area contributed by atoms with Crippen molar-refractivity contribution in [2.45, 2.75) is 77.2 Å². The van der Waals surface area contributed by atoms with Crippen LogP contribution in [0.4, 0.5) is 20.3 Å². The number of hydrogen-bond acceptors (Lipinski definition) is 19. The van der Waals surface area contributed by atoms with Crippen LogP contribution in [0.15, 0.2) is 85.1 Å². The molecule has 10 rings (SSSR count). The molecular weight excluding hydrogens is 1160 g/mol. The van der Waals surface area contributed by atoms with Crippen molar-refractivity contribution in [3.63, 3.8) is 0 Å². The van der Waals surface area contributed by atoms with Crippen LogP contribution < -0.4 is 36.2 Å². The molecule has 23 nitrogen and oxygen atoms in total. The minimum atomic E-state index is -1.14. The predicted molar refractivity (Wildman–Crippen MR) is 322 cm³/mol. The number of hydrogen-bond donors (Lipinski definition) is 6. The summed E-state index contributed by atoms with van der Waals surface area (Å²) in [6, 6.07) is 22.6. The molecule has 4 aromatic carbocycles. The molecule has 1 unspecified atom stereocenters. The first-order chi connectivity index (χ1) is 42.4. The van der Waals surface area contributed by atoms with E-state index in [9.17, 15) is 33.9 Å². The number of carbonyl (C=O) groups is 6. The summed E-state index contributed by atoms with van der Waals surface area (Å²) < 4.78 is 40.5. The lowest BCUT2D eigenvalue weighted by Crippen LogP contribution is -2.52. The molecule has 26 heteroatoms. The quantitative estimate of drug-likeness (QED) is 0.0172. The third kappa shape index (κ3) is 16.4. The minimum Gasteiger partial charge on any atom is -0.491 e. The number of aryl methyl sites for hydroxylation is 2. The van der Waals surface area contributed by atoms with Crippen LogP contribution in [0.25, 0.3) is 10.2 Å². The molecule has 0 saturated carbocycles. The summed E-state index contributed by atoms with van der Waals surface area (Å²) in [5.74, 6) is 2.92. The third-order valence-electron chi connectivity index (χ3n) is 14.5. The van der Waals surface area contributed by atoms with Crippen molar-refractivity contribution in [3.8, 4) is 17.6 Å². The average molecular weight is 1230 g/mol. The van der Waals surface area contributed by atoms with E-state index in [1.54, 1.807) is 35.1 Å². The Morgan fingerprint density at radius 3 is 2.53 bits per heavy atom. The van der Waals surface area contributed by atoms with Crippen LogP contribution in [0, 0.1) is 17.7 Å². The van der Waals surface area contributed by atoms with Gasteiger partial charge in [0.15, 0.2) is 27.5 Å². The molecule has 0 radical (unpaired) electrons. The molecule has 6 heterocycles. The number of carbonyl (C=O) groups excluding carboxylic acids is 5. The summed E-state index contributed by atoms with van der Waals surface area (Å²) in [6.07, 6.45) is 4.61. The zero-order chi connectivity index (χ0) is 60.5. The Bertz CT molecular complexity index is 3660. The lowest BCUT2D eigenvalue weighted by atomic mass is 9.94. The van der Waals surface area contributed by atoms with Gasteiger partial charge in [-0.2, -0.15) is 0 Å². The summed E-state index contributed by atoms with van der Waals surface area (Å²) >= 11 is 2.70. The number of imide groups is 1. The van der Waals surface area contributed by atoms with Gasteiger partial charge in [0.25, 0.3) is 11.8 Å². The van der Waals surface area contributed by atoms with Gasteiger partial charge in [-0.1, -0.05) is 58.7 Å². The number of ether oxygens (including phenoxy) is 4. The van der Waals surface area contributed by atoms with Crippen molar-refractivity contribution >= 4 is 84.3 Å². The molecule has 1 fully saturated rings. The fourth-order valence-electron chi connectivity index (χ4n) is 10.2. The van der Waals surface area contributed by atoms with Crippen LogP contribution in [0.1, 0.15) is 96.1 Å². The van der Waals surface area contributed by atoms with Gasteiger partial charge >= 0.3 is 5.97 Å². The van der Waals surface area contributed by atoms with Crippen molar-refractivity contribution in [3.05, 3.63) is 141 Å². The van der Waals surface area contributed by atoms with E-state index in [-0.39, 0.29) is 61.3 Å². The number of carboxylic acids is 1. The molecule has 6 N–H and O–H groups in total. The standard InChI is InChI=1S/C61H65FN12O11S2/c62-46-34-39(17-19-50(46)85-28-7-15-52-55(59(80)81)68-61(87-52)72-27-21-40-9-3-10-42(44(40)36-72)56(77)69-60-66-48-12-1-2-14-51(48)86-60)8-5-22-63-23-24-65-53(75)16-6-26-73-35-41(70-71-73)38-84-33-32-83-31-30-82-29-25-64-47-13-4-11-43-45(47)37-74(58(43)79)49-18-20-54(76)67-57(49)78/h1-4,9-14,17,19,34-35,49,63-64H,6-7,15-16,18,20-33,36-38H2,(H,65,75)(H,80,81)(H,66,69,77)(H,67,76,78). The lowest BCUT2D eigenvalue weighted by molar-refractivity contribution is -0.137. The number of aromatic carboxylic acids is 1. The second-order valence-corrected chi connectivity index (χ2v) is 22.7. The number of halogens is 1. The topological polar surface area (TPSA) is 283 Å². The molecule has 7 aromatic rings. The molecule has 5 amide bonds. The second-order valence-electron chi connectivity index (χ2n) is 20.6. The number of nitrogens with zero attached hydrogens (tertiary/aromatic N) is 7. The maximum absolute atomic E-state index is 15.1. The largest absolute Gasteiger partial charge is 0.491 e. The molecule has 3 aromatic heterocycles. The number of fused-ring (bicyclic) bond motifs is 3. The van der Waals surface area contributed by atoms with Gasteiger partial charge in [0.05, 0.1) is 69.2 Å². The maximum Gasteiger partial charge on any atom is 0.355 e. The number of piperidine rings is 1.